The van der Waals surface area contributed by atoms with Gasteiger partial charge in [0.25, 0.3) is 0 Å². The molecule has 11 heteroatoms. The minimum absolute atomic E-state index is 0. The molecule has 0 fully saturated rings. The molecule has 0 radical (unpaired) electrons. The Morgan fingerprint density at radius 3 is 0.330 bits per heavy atom. The molecule has 0 atom stereocenters. The maximum Gasteiger partial charge on any atom is 2.00 e. The molecular formula is C80H164O4P2S4Zn. The van der Waals surface area contributed by atoms with E-state index in [0.717, 1.165) is 48.7 Å². The van der Waals surface area contributed by atoms with Crippen molar-refractivity contribution in [1.29, 1.82) is 0 Å². The van der Waals surface area contributed by atoms with E-state index < -0.39 is 11.5 Å². The molecule has 0 aromatic carbocycles. The maximum absolute atomic E-state index is 12.3. The number of rotatable bonds is 80. The van der Waals surface area contributed by atoms with Crippen LogP contribution in [0.3, 0.4) is 0 Å². The van der Waals surface area contributed by atoms with E-state index in [4.69, 9.17) is 0 Å². The Morgan fingerprint density at radius 2 is 0.242 bits per heavy atom. The third kappa shape index (κ3) is 92.4. The summed E-state index contributed by atoms with van der Waals surface area (Å²) in [5, 5.41) is 0. The van der Waals surface area contributed by atoms with E-state index in [0.29, 0.717) is 0 Å². The molecule has 0 saturated heterocycles. The molecule has 0 spiro atoms. The van der Waals surface area contributed by atoms with Crippen LogP contribution in [-0.2, 0) is 28.6 Å². The molecule has 0 heterocycles. The monoisotopic (exact) mass is 1440 g/mol. The normalized spacial score (nSPS) is 11.8. The van der Waals surface area contributed by atoms with Crippen LogP contribution >= 0.6 is 57.1 Å². The minimum atomic E-state index is -3.29. The molecule has 4 nitrogen and oxygen atoms in total. The summed E-state index contributed by atoms with van der Waals surface area (Å²) in [5.74, 6) is -3.46. The molecule has 0 aromatic rings. The van der Waals surface area contributed by atoms with Crippen molar-refractivity contribution in [3.05, 3.63) is 0 Å². The van der Waals surface area contributed by atoms with E-state index in [1.165, 1.54) is 482 Å². The molecule has 0 aliphatic heterocycles. The summed E-state index contributed by atoms with van der Waals surface area (Å²) in [6.45, 7) is 9.17. The summed E-state index contributed by atoms with van der Waals surface area (Å²) in [4.78, 5) is 24.7. The number of hydrogen-bond donors (Lipinski definition) is 0. The smallest absolute Gasteiger partial charge is 0.784 e. The summed E-state index contributed by atoms with van der Waals surface area (Å²) in [6, 6.07) is 0. The van der Waals surface area contributed by atoms with Gasteiger partial charge in [0.2, 0.25) is 0 Å². The summed E-state index contributed by atoms with van der Waals surface area (Å²) in [6.07, 6.45) is 99.0. The van der Waals surface area contributed by atoms with Crippen LogP contribution in [-0.4, -0.2) is 23.0 Å². The third-order valence-electron chi connectivity index (χ3n) is 19.0. The zero-order valence-corrected chi connectivity index (χ0v) is 70.6. The molecule has 0 rings (SSSR count). The van der Waals surface area contributed by atoms with Gasteiger partial charge in [0.15, 0.2) is 0 Å². The van der Waals surface area contributed by atoms with Gasteiger partial charge >= 0.3 is 19.5 Å². The molecule has 0 aliphatic carbocycles. The summed E-state index contributed by atoms with van der Waals surface area (Å²) in [5.41, 5.74) is 0. The first-order valence-electron chi connectivity index (χ1n) is 41.4. The van der Waals surface area contributed by atoms with E-state index in [1.54, 1.807) is 0 Å². The van der Waals surface area contributed by atoms with Gasteiger partial charge in [-0.1, -0.05) is 464 Å². The molecule has 544 valence electrons. The Morgan fingerprint density at radius 1 is 0.165 bits per heavy atom. The molecule has 91 heavy (non-hydrogen) atoms. The van der Waals surface area contributed by atoms with Crippen molar-refractivity contribution >= 4 is 57.1 Å². The quantitative estimate of drug-likeness (QED) is 0.0339. The van der Waals surface area contributed by atoms with E-state index in [1.807, 2.05) is 0 Å². The molecule has 0 bridgehead atoms. The first-order valence-corrected chi connectivity index (χ1v) is 51.1. The minimum Gasteiger partial charge on any atom is -0.784 e. The van der Waals surface area contributed by atoms with Crippen molar-refractivity contribution in [2.24, 2.45) is 0 Å². The molecule has 0 aliphatic rings. The van der Waals surface area contributed by atoms with Crippen LogP contribution in [0.1, 0.15) is 490 Å². The largest absolute Gasteiger partial charge is 2.00 e. The number of unbranched alkanes of at least 4 members (excludes halogenated alkanes) is 68. The van der Waals surface area contributed by atoms with Gasteiger partial charge in [0.05, 0.1) is 0 Å². The first-order chi connectivity index (χ1) is 44.2. The van der Waals surface area contributed by atoms with Crippen LogP contribution in [0.25, 0.3) is 0 Å². The topological polar surface area (TPSA) is 80.3 Å². The molecule has 0 amide bonds. The summed E-state index contributed by atoms with van der Waals surface area (Å²) >= 11 is 4.88. The Hall–Kier alpha value is 2.40. The predicted molar refractivity (Wildman–Crippen MR) is 420 cm³/mol. The Bertz CT molecular complexity index is 1190. The second kappa shape index (κ2) is 86.6. The van der Waals surface area contributed by atoms with Gasteiger partial charge in [-0.15, -0.1) is 45.5 Å². The average Bonchev–Trinajstić information content (AvgIpc) is 3.70. The average molecular weight is 1450 g/mol. The fourth-order valence-corrected chi connectivity index (χ4v) is 23.9. The fraction of sp³-hybridized carbons (Fsp3) is 1.00. The van der Waals surface area contributed by atoms with Gasteiger partial charge in [-0.2, -0.15) is 0 Å². The zero-order valence-electron chi connectivity index (χ0n) is 62.6. The van der Waals surface area contributed by atoms with Crippen molar-refractivity contribution in [2.75, 3.05) is 23.0 Å². The first kappa shape index (κ1) is 97.6. The summed E-state index contributed by atoms with van der Waals surface area (Å²) in [7, 11) is 0. The molecular weight excluding hydrogens is 1280 g/mol. The van der Waals surface area contributed by atoms with Crippen molar-refractivity contribution in [3.8, 4) is 0 Å². The molecule has 0 unspecified atom stereocenters. The third-order valence-corrected chi connectivity index (χ3v) is 31.9. The Balaban J connectivity index is -0.00000168. The van der Waals surface area contributed by atoms with Gasteiger partial charge < -0.3 is 18.9 Å². The van der Waals surface area contributed by atoms with Crippen LogP contribution < -0.4 is 9.79 Å². The van der Waals surface area contributed by atoms with Gasteiger partial charge in [-0.05, 0) is 25.7 Å². The van der Waals surface area contributed by atoms with Gasteiger partial charge in [0, 0.05) is 23.0 Å². The predicted octanol–water partition coefficient (Wildman–Crippen LogP) is 32.0. The van der Waals surface area contributed by atoms with Crippen molar-refractivity contribution in [2.45, 2.75) is 490 Å². The van der Waals surface area contributed by atoms with Crippen LogP contribution in [0.15, 0.2) is 0 Å². The SMILES string of the molecule is CCCCCCCCCCCCCCCCCCCCSP(=O)([O-])SCCCCCCCCCCCCCCCCCCCC.CCCCCCCCCCCCCCCCCCCCSP(=O)([O-])SCCCCCCCCCCCCCCCCCCCC.[Zn+2]. The van der Waals surface area contributed by atoms with Gasteiger partial charge in [0.1, 0.15) is 11.5 Å². The van der Waals surface area contributed by atoms with Crippen molar-refractivity contribution in [3.63, 3.8) is 0 Å². The fourth-order valence-electron chi connectivity index (χ4n) is 12.8. The Labute approximate surface area is 603 Å². The number of hydrogen-bond acceptors (Lipinski definition) is 8. The van der Waals surface area contributed by atoms with Crippen LogP contribution in [0.5, 0.6) is 0 Å². The van der Waals surface area contributed by atoms with Gasteiger partial charge in [-0.25, -0.2) is 0 Å². The second-order valence-corrected chi connectivity index (χ2v) is 43.0. The Kier molecular flexibility index (Phi) is 92.9. The van der Waals surface area contributed by atoms with Crippen LogP contribution in [0.2, 0.25) is 0 Å². The maximum atomic E-state index is 12.3. The van der Waals surface area contributed by atoms with Gasteiger partial charge in [-0.3, -0.25) is 0 Å². The summed E-state index contributed by atoms with van der Waals surface area (Å²) < 4.78 is 24.7. The van der Waals surface area contributed by atoms with Crippen LogP contribution in [0, 0.1) is 0 Å². The molecule has 0 aromatic heterocycles. The van der Waals surface area contributed by atoms with E-state index in [9.17, 15) is 18.9 Å². The standard InChI is InChI=1S/2C40H83O2PS2.Zn/c2*1-3-5-7-9-11-13-15-17-19-21-23-25-27-29-31-33-35-37-39-44-43(41,42)45-40-38-36-34-32-30-28-26-24-22-20-18-16-14-12-10-8-6-4-2;/h2*3-40H2,1-2H3,(H,41,42);/q;;+2/p-2. The van der Waals surface area contributed by atoms with E-state index in [-0.39, 0.29) is 19.5 Å². The van der Waals surface area contributed by atoms with E-state index >= 15 is 0 Å². The molecule has 0 saturated carbocycles. The van der Waals surface area contributed by atoms with Crippen LogP contribution in [0.4, 0.5) is 0 Å². The second-order valence-electron chi connectivity index (χ2n) is 28.3. The molecule has 0 N–H and O–H groups in total. The zero-order chi connectivity index (χ0) is 65.6. The van der Waals surface area contributed by atoms with E-state index in [2.05, 4.69) is 27.7 Å². The van der Waals surface area contributed by atoms with Crippen molar-refractivity contribution < 1.29 is 38.4 Å². The van der Waals surface area contributed by atoms with Crippen molar-refractivity contribution in [1.82, 2.24) is 0 Å².